The van der Waals surface area contributed by atoms with E-state index in [9.17, 15) is 0 Å². The van der Waals surface area contributed by atoms with Crippen molar-refractivity contribution in [1.29, 1.82) is 0 Å². The molecule has 2 aromatic rings. The number of nitrogens with zero attached hydrogens (tertiary/aromatic N) is 3. The van der Waals surface area contributed by atoms with Gasteiger partial charge in [0.15, 0.2) is 5.82 Å². The number of hydrogen-bond donors (Lipinski definition) is 0. The molecule has 0 atom stereocenters. The van der Waals surface area contributed by atoms with Crippen molar-refractivity contribution in [1.82, 2.24) is 15.1 Å². The van der Waals surface area contributed by atoms with Gasteiger partial charge in [-0.25, -0.2) is 4.98 Å². The van der Waals surface area contributed by atoms with Gasteiger partial charge in [-0.05, 0) is 26.7 Å². The van der Waals surface area contributed by atoms with Crippen molar-refractivity contribution in [2.75, 3.05) is 0 Å². The normalized spacial score (nSPS) is 16.6. The van der Waals surface area contributed by atoms with Crippen LogP contribution in [-0.2, 0) is 5.41 Å². The van der Waals surface area contributed by atoms with Gasteiger partial charge in [-0.1, -0.05) is 5.16 Å². The molecular formula is C11H13N3OS. The van der Waals surface area contributed by atoms with Crippen LogP contribution in [0.5, 0.6) is 0 Å². The Labute approximate surface area is 97.7 Å². The van der Waals surface area contributed by atoms with E-state index in [0.29, 0.717) is 11.8 Å². The maximum Gasteiger partial charge on any atom is 0.239 e. The lowest BCUT2D eigenvalue weighted by atomic mass is 9.94. The Morgan fingerprint density at radius 1 is 1.44 bits per heavy atom. The van der Waals surface area contributed by atoms with Crippen LogP contribution in [0, 0.1) is 0 Å². The van der Waals surface area contributed by atoms with Gasteiger partial charge in [-0.2, -0.15) is 4.98 Å². The fourth-order valence-corrected chi connectivity index (χ4v) is 2.37. The molecule has 1 aliphatic rings. The molecule has 0 bridgehead atoms. The van der Waals surface area contributed by atoms with Crippen molar-refractivity contribution in [3.63, 3.8) is 0 Å². The first-order chi connectivity index (χ1) is 7.68. The molecule has 2 aromatic heterocycles. The first-order valence-corrected chi connectivity index (χ1v) is 6.30. The topological polar surface area (TPSA) is 51.8 Å². The average Bonchev–Trinajstić information content (AvgIpc) is 2.83. The largest absolute Gasteiger partial charge is 0.338 e. The van der Waals surface area contributed by atoms with Crippen molar-refractivity contribution in [2.45, 2.75) is 38.0 Å². The van der Waals surface area contributed by atoms with Gasteiger partial charge in [-0.15, -0.1) is 11.3 Å². The Morgan fingerprint density at radius 2 is 2.25 bits per heavy atom. The molecule has 5 heteroatoms. The zero-order chi connectivity index (χ0) is 11.2. The highest BCUT2D eigenvalue weighted by Gasteiger charge is 2.35. The summed E-state index contributed by atoms with van der Waals surface area (Å²) in [4.78, 5) is 8.81. The van der Waals surface area contributed by atoms with Gasteiger partial charge in [0.1, 0.15) is 5.01 Å². The second-order valence-electron chi connectivity index (χ2n) is 4.69. The van der Waals surface area contributed by atoms with Crippen LogP contribution in [0.15, 0.2) is 16.1 Å². The van der Waals surface area contributed by atoms with Crippen LogP contribution in [0.4, 0.5) is 0 Å². The van der Waals surface area contributed by atoms with E-state index in [1.165, 1.54) is 12.8 Å². The molecule has 0 saturated heterocycles. The molecule has 16 heavy (non-hydrogen) atoms. The second-order valence-corrected chi connectivity index (χ2v) is 5.59. The molecule has 2 heterocycles. The molecule has 1 aliphatic carbocycles. The molecule has 1 fully saturated rings. The van der Waals surface area contributed by atoms with E-state index in [4.69, 9.17) is 4.52 Å². The third-order valence-electron chi connectivity index (χ3n) is 2.89. The molecular weight excluding hydrogens is 222 g/mol. The third-order valence-corrected chi connectivity index (χ3v) is 3.98. The third kappa shape index (κ3) is 1.55. The number of aromatic nitrogens is 3. The smallest absolute Gasteiger partial charge is 0.239 e. The van der Waals surface area contributed by atoms with Crippen molar-refractivity contribution >= 4 is 11.3 Å². The quantitative estimate of drug-likeness (QED) is 0.820. The number of rotatable bonds is 3. The summed E-state index contributed by atoms with van der Waals surface area (Å²) in [5, 5.41) is 7.03. The minimum absolute atomic E-state index is 0.283. The molecule has 3 rings (SSSR count). The summed E-state index contributed by atoms with van der Waals surface area (Å²) in [6.07, 6.45) is 4.19. The SMILES string of the molecule is CC(C)(c1nc(C2CC2)no1)c1nccs1. The van der Waals surface area contributed by atoms with Gasteiger partial charge in [-0.3, -0.25) is 0 Å². The summed E-state index contributed by atoms with van der Waals surface area (Å²) >= 11 is 1.62. The van der Waals surface area contributed by atoms with Gasteiger partial charge in [0, 0.05) is 17.5 Å². The molecule has 0 N–H and O–H groups in total. The van der Waals surface area contributed by atoms with Crippen LogP contribution >= 0.6 is 11.3 Å². The zero-order valence-electron chi connectivity index (χ0n) is 9.30. The van der Waals surface area contributed by atoms with Crippen molar-refractivity contribution in [3.8, 4) is 0 Å². The minimum Gasteiger partial charge on any atom is -0.338 e. The van der Waals surface area contributed by atoms with Crippen LogP contribution in [0.2, 0.25) is 0 Å². The monoisotopic (exact) mass is 235 g/mol. The molecule has 84 valence electrons. The van der Waals surface area contributed by atoms with E-state index in [1.807, 2.05) is 5.38 Å². The maximum atomic E-state index is 5.36. The van der Waals surface area contributed by atoms with Crippen LogP contribution in [-0.4, -0.2) is 15.1 Å². The summed E-state index contributed by atoms with van der Waals surface area (Å²) in [5.74, 6) is 2.06. The summed E-state index contributed by atoms with van der Waals surface area (Å²) in [6.45, 7) is 4.13. The summed E-state index contributed by atoms with van der Waals surface area (Å²) in [5.41, 5.74) is -0.283. The van der Waals surface area contributed by atoms with E-state index in [1.54, 1.807) is 17.5 Å². The lowest BCUT2D eigenvalue weighted by Crippen LogP contribution is -2.19. The van der Waals surface area contributed by atoms with Gasteiger partial charge in [0.05, 0.1) is 5.41 Å². The molecule has 0 aromatic carbocycles. The summed E-state index contributed by atoms with van der Waals surface area (Å²) < 4.78 is 5.36. The highest BCUT2D eigenvalue weighted by Crippen LogP contribution is 2.40. The van der Waals surface area contributed by atoms with E-state index in [2.05, 4.69) is 29.0 Å². The van der Waals surface area contributed by atoms with Gasteiger partial charge < -0.3 is 4.52 Å². The highest BCUT2D eigenvalue weighted by atomic mass is 32.1. The predicted octanol–water partition coefficient (Wildman–Crippen LogP) is 2.73. The Balaban J connectivity index is 1.95. The average molecular weight is 235 g/mol. The Morgan fingerprint density at radius 3 is 2.88 bits per heavy atom. The first-order valence-electron chi connectivity index (χ1n) is 5.42. The van der Waals surface area contributed by atoms with Crippen LogP contribution in [0.1, 0.15) is 49.3 Å². The number of hydrogen-bond acceptors (Lipinski definition) is 5. The van der Waals surface area contributed by atoms with E-state index < -0.39 is 0 Å². The Kier molecular flexibility index (Phi) is 2.10. The molecule has 0 spiro atoms. The second kappa shape index (κ2) is 3.38. The molecule has 0 unspecified atom stereocenters. The van der Waals surface area contributed by atoms with Crippen LogP contribution in [0.25, 0.3) is 0 Å². The van der Waals surface area contributed by atoms with Crippen molar-refractivity contribution in [2.24, 2.45) is 0 Å². The summed E-state index contributed by atoms with van der Waals surface area (Å²) in [7, 11) is 0. The van der Waals surface area contributed by atoms with Crippen LogP contribution < -0.4 is 0 Å². The first kappa shape index (κ1) is 9.96. The molecule has 0 radical (unpaired) electrons. The molecule has 0 aliphatic heterocycles. The minimum atomic E-state index is -0.283. The van der Waals surface area contributed by atoms with Crippen molar-refractivity contribution in [3.05, 3.63) is 28.3 Å². The van der Waals surface area contributed by atoms with E-state index in [0.717, 1.165) is 10.8 Å². The predicted molar refractivity (Wildman–Crippen MR) is 60.5 cm³/mol. The maximum absolute atomic E-state index is 5.36. The fraction of sp³-hybridized carbons (Fsp3) is 0.545. The Hall–Kier alpha value is -1.23. The van der Waals surface area contributed by atoms with E-state index in [-0.39, 0.29) is 5.41 Å². The van der Waals surface area contributed by atoms with Crippen LogP contribution in [0.3, 0.4) is 0 Å². The standard InChI is InChI=1S/C11H13N3OS/c1-11(2,10-12-5-6-16-10)9-13-8(14-15-9)7-3-4-7/h5-7H,3-4H2,1-2H3. The van der Waals surface area contributed by atoms with Gasteiger partial charge >= 0.3 is 0 Å². The highest BCUT2D eigenvalue weighted by molar-refractivity contribution is 7.09. The number of thiazole rings is 1. The zero-order valence-corrected chi connectivity index (χ0v) is 10.1. The fourth-order valence-electron chi connectivity index (χ4n) is 1.62. The molecule has 4 nitrogen and oxygen atoms in total. The summed E-state index contributed by atoms with van der Waals surface area (Å²) in [6, 6.07) is 0. The van der Waals surface area contributed by atoms with Gasteiger partial charge in [0.25, 0.3) is 0 Å². The van der Waals surface area contributed by atoms with Crippen molar-refractivity contribution < 1.29 is 4.52 Å². The Bertz CT molecular complexity index is 485. The molecule has 0 amide bonds. The van der Waals surface area contributed by atoms with E-state index >= 15 is 0 Å². The van der Waals surface area contributed by atoms with Gasteiger partial charge in [0.2, 0.25) is 5.89 Å². The molecule has 1 saturated carbocycles. The lowest BCUT2D eigenvalue weighted by molar-refractivity contribution is 0.329. The lowest BCUT2D eigenvalue weighted by Gasteiger charge is -2.15.